The number of carboxylic acids is 2. The summed E-state index contributed by atoms with van der Waals surface area (Å²) in [4.78, 5) is 216. The van der Waals surface area contributed by atoms with Crippen LogP contribution >= 0.6 is 0 Å². The Bertz CT molecular complexity index is 4540. The average molecular weight is 1710 g/mol. The monoisotopic (exact) mass is 1700 g/mol. The quantitative estimate of drug-likeness (QED) is 0.0138. The highest BCUT2D eigenvalue weighted by molar-refractivity contribution is 6.00. The molecule has 38 heteroatoms. The maximum absolute atomic E-state index is 15.4. The summed E-state index contributed by atoms with van der Waals surface area (Å²) < 4.78 is 0. The number of hydrogen-bond donors (Lipinski definition) is 21. The molecule has 0 spiro atoms. The minimum atomic E-state index is -1.56. The number of benzene rings is 4. The van der Waals surface area contributed by atoms with Crippen LogP contribution in [0.15, 0.2) is 134 Å². The number of carboxylic acid groups (broad SMARTS) is 2. The lowest BCUT2D eigenvalue weighted by Gasteiger charge is -2.32. The van der Waals surface area contributed by atoms with E-state index in [1.807, 2.05) is 0 Å². The summed E-state index contributed by atoms with van der Waals surface area (Å²) in [6.45, 7) is 13.5. The molecule has 0 bridgehead atoms. The zero-order chi connectivity index (χ0) is 90.1. The van der Waals surface area contributed by atoms with Gasteiger partial charge in [-0.3, -0.25) is 67.7 Å². The summed E-state index contributed by atoms with van der Waals surface area (Å²) in [5, 5.41) is 79.5. The van der Waals surface area contributed by atoms with E-state index in [1.54, 1.807) is 116 Å². The van der Waals surface area contributed by atoms with E-state index < -0.39 is 186 Å². The number of imidazole rings is 2. The largest absolute Gasteiger partial charge is 0.508 e. The van der Waals surface area contributed by atoms with Crippen LogP contribution in [0.4, 0.5) is 0 Å². The van der Waals surface area contributed by atoms with Gasteiger partial charge in [-0.05, 0) is 102 Å². The van der Waals surface area contributed by atoms with Gasteiger partial charge in [0.15, 0.2) is 5.96 Å². The number of hydrogen-bond acceptors (Lipinski definition) is 20. The van der Waals surface area contributed by atoms with Gasteiger partial charge in [0, 0.05) is 64.0 Å². The molecule has 1 unspecified atom stereocenters. The number of aromatic nitrogens is 4. The van der Waals surface area contributed by atoms with Crippen molar-refractivity contribution in [3.63, 3.8) is 0 Å². The second kappa shape index (κ2) is 47.6. The van der Waals surface area contributed by atoms with Gasteiger partial charge in [-0.2, -0.15) is 0 Å². The fourth-order valence-electron chi connectivity index (χ4n) is 13.9. The molecule has 664 valence electrons. The third kappa shape index (κ3) is 31.0. The molecule has 12 amide bonds. The van der Waals surface area contributed by atoms with E-state index in [2.05, 4.69) is 83.7 Å². The molecule has 23 N–H and O–H groups in total. The molecule has 1 aliphatic heterocycles. The standard InChI is InChI=1S/C85H116N20O18/c1-9-49(8)71(104-78(116)63(37-52-24-28-56(106)29-25-52)99-80(118)69(47(4)5)102-73(111)59(22-16-32-91-85(87)88)94-72(110)58(86)41-68(108)109)82(120)100-65(40-55-43-90-45-93-55)83(121)105-33-17-23-67(105)79(117)98-61(35-50-18-12-10-13-19-50)75(113)97-64(39-54-42-89-44-92-54)76(114)95-60(34-46(2)3)74(112)96-62(36-51-20-14-11-15-21-51)77(115)103-70(48(6)7)81(119)101-66(84(122)123)38-53-26-30-57(107)31-27-53/h10-15,18-21,24-31,42-49,58-67,69-71,106-107H,9,16-17,22-23,32-41,86H2,1-8H3,(H,89,92)(H,90,93)(H,94,110)(H,95,114)(H,96,112)(H,97,113)(H,98,117)(H,99,118)(H,100,120)(H,101,119)(H,102,111)(H,103,115)(H,104,116)(H,108,109)(H,122,123)(H4,87,88,91)/t49?,58-,59-,60-,61+,62-,63-,64-,65-,66-,67-,69-,70-,71-/m0/s1. The summed E-state index contributed by atoms with van der Waals surface area (Å²) in [6.07, 6.45) is 4.37. The molecular formula is C85H116N20O18. The number of aliphatic carboxylic acids is 2. The van der Waals surface area contributed by atoms with Crippen LogP contribution < -0.4 is 75.3 Å². The first kappa shape index (κ1) is 96.8. The van der Waals surface area contributed by atoms with E-state index in [1.165, 1.54) is 78.5 Å². The Morgan fingerprint density at radius 1 is 0.480 bits per heavy atom. The number of nitrogens with zero attached hydrogens (tertiary/aromatic N) is 3. The molecule has 4 aromatic carbocycles. The second-order valence-electron chi connectivity index (χ2n) is 31.8. The highest BCUT2D eigenvalue weighted by Gasteiger charge is 2.43. The Morgan fingerprint density at radius 3 is 1.32 bits per heavy atom. The van der Waals surface area contributed by atoms with Crippen molar-refractivity contribution in [2.24, 2.45) is 35.1 Å². The number of amides is 12. The number of aromatic amines is 2. The van der Waals surface area contributed by atoms with Crippen LogP contribution in [0.1, 0.15) is 134 Å². The van der Waals surface area contributed by atoms with Gasteiger partial charge in [0.1, 0.15) is 84.0 Å². The highest BCUT2D eigenvalue weighted by atomic mass is 16.4. The molecule has 0 saturated carbocycles. The van der Waals surface area contributed by atoms with Gasteiger partial charge in [-0.15, -0.1) is 0 Å². The Morgan fingerprint density at radius 2 is 0.870 bits per heavy atom. The highest BCUT2D eigenvalue weighted by Crippen LogP contribution is 2.23. The van der Waals surface area contributed by atoms with Crippen molar-refractivity contribution in [2.45, 2.75) is 217 Å². The van der Waals surface area contributed by atoms with Crippen molar-refractivity contribution in [1.29, 1.82) is 5.41 Å². The predicted molar refractivity (Wildman–Crippen MR) is 450 cm³/mol. The number of carbonyl (C=O) groups excluding carboxylic acids is 12. The van der Waals surface area contributed by atoms with E-state index in [0.29, 0.717) is 33.6 Å². The number of guanidine groups is 1. The zero-order valence-electron chi connectivity index (χ0n) is 70.1. The number of H-pyrrole nitrogens is 2. The average Bonchev–Trinajstić information content (AvgIpc) is 1.73. The van der Waals surface area contributed by atoms with Gasteiger partial charge in [0.25, 0.3) is 0 Å². The number of nitrogens with two attached hydrogens (primary N) is 2. The molecule has 0 aliphatic carbocycles. The van der Waals surface area contributed by atoms with E-state index in [4.69, 9.17) is 16.9 Å². The van der Waals surface area contributed by atoms with E-state index in [0.717, 1.165) is 0 Å². The Labute approximate surface area is 712 Å². The first-order valence-corrected chi connectivity index (χ1v) is 41.0. The number of carbonyl (C=O) groups is 14. The van der Waals surface area contributed by atoms with E-state index >= 15 is 24.0 Å². The third-order valence-electron chi connectivity index (χ3n) is 20.8. The van der Waals surface area contributed by atoms with Gasteiger partial charge in [-0.1, -0.05) is 147 Å². The number of aromatic hydroxyl groups is 2. The topological polar surface area (TPSA) is 601 Å². The van der Waals surface area contributed by atoms with Crippen LogP contribution in [0, 0.1) is 29.1 Å². The fraction of sp³-hybridized carbons (Fsp3) is 0.471. The van der Waals surface area contributed by atoms with Crippen LogP contribution in [-0.4, -0.2) is 226 Å². The smallest absolute Gasteiger partial charge is 0.326 e. The second-order valence-corrected chi connectivity index (χ2v) is 31.8. The molecule has 38 nitrogen and oxygen atoms in total. The number of phenolic OH excluding ortho intramolecular Hbond substituents is 2. The van der Waals surface area contributed by atoms with Gasteiger partial charge in [0.2, 0.25) is 70.9 Å². The summed E-state index contributed by atoms with van der Waals surface area (Å²) in [5.74, 6) is -15.8. The molecule has 14 atom stereocenters. The predicted octanol–water partition coefficient (Wildman–Crippen LogP) is 0.178. The van der Waals surface area contributed by atoms with Crippen molar-refractivity contribution in [1.82, 2.24) is 88.6 Å². The molecule has 0 radical (unpaired) electrons. The lowest BCUT2D eigenvalue weighted by molar-refractivity contribution is -0.143. The van der Waals surface area contributed by atoms with Gasteiger partial charge in [0.05, 0.1) is 36.5 Å². The molecule has 1 aliphatic rings. The van der Waals surface area contributed by atoms with Gasteiger partial charge >= 0.3 is 11.9 Å². The Hall–Kier alpha value is -13.3. The van der Waals surface area contributed by atoms with Crippen LogP contribution in [0.25, 0.3) is 0 Å². The van der Waals surface area contributed by atoms with Crippen LogP contribution in [-0.2, 0) is 106 Å². The normalized spacial score (nSPS) is 15.7. The van der Waals surface area contributed by atoms with Crippen molar-refractivity contribution in [3.05, 3.63) is 168 Å². The summed E-state index contributed by atoms with van der Waals surface area (Å²) in [6, 6.07) is 10.1. The van der Waals surface area contributed by atoms with Gasteiger partial charge < -0.3 is 111 Å². The van der Waals surface area contributed by atoms with Crippen molar-refractivity contribution in [3.8, 4) is 11.5 Å². The fourth-order valence-corrected chi connectivity index (χ4v) is 13.9. The Balaban J connectivity index is 1.11. The van der Waals surface area contributed by atoms with Crippen molar-refractivity contribution < 1.29 is 87.5 Å². The van der Waals surface area contributed by atoms with Crippen LogP contribution in [0.2, 0.25) is 0 Å². The number of nitrogens with one attached hydrogen (secondary N) is 15. The molecular weight excluding hydrogens is 1590 g/mol. The minimum Gasteiger partial charge on any atom is -0.508 e. The molecule has 1 saturated heterocycles. The summed E-state index contributed by atoms with van der Waals surface area (Å²) in [7, 11) is 0. The molecule has 3 heterocycles. The Kier molecular flexibility index (Phi) is 37.5. The first-order chi connectivity index (χ1) is 58.5. The van der Waals surface area contributed by atoms with Crippen LogP contribution in [0.3, 0.4) is 0 Å². The summed E-state index contributed by atoms with van der Waals surface area (Å²) in [5.41, 5.74) is 14.0. The molecule has 7 rings (SSSR count). The third-order valence-corrected chi connectivity index (χ3v) is 20.8. The molecule has 123 heavy (non-hydrogen) atoms. The van der Waals surface area contributed by atoms with Crippen LogP contribution in [0.5, 0.6) is 11.5 Å². The van der Waals surface area contributed by atoms with Crippen molar-refractivity contribution in [2.75, 3.05) is 13.1 Å². The lowest BCUT2D eigenvalue weighted by atomic mass is 9.96. The number of rotatable bonds is 48. The zero-order valence-corrected chi connectivity index (χ0v) is 70.1. The molecule has 6 aromatic rings. The SMILES string of the molecule is CCC(C)[C@H](NC(=O)[C@H](Cc1ccc(O)cc1)NC(=O)[C@@H](NC(=O)[C@H](CCCNC(=N)N)NC(=O)[C@@H](N)CC(=O)O)C(C)C)C(=O)N[C@@H](Cc1c[nH]cn1)C(=O)N1CCC[C@H]1C(=O)N[C@H](Cc1ccccc1)C(=O)N[C@@H](Cc1c[nH]cn1)C(=O)N[C@@H](CC(C)C)C(=O)N[C@@H](Cc1ccccc1)C(=O)N[C@H](C(=O)N[C@@H](Cc1ccc(O)cc1)C(=O)O)C(C)C. The lowest BCUT2D eigenvalue weighted by Crippen LogP contribution is -2.62. The van der Waals surface area contributed by atoms with E-state index in [9.17, 15) is 63.6 Å². The maximum atomic E-state index is 15.4. The summed E-state index contributed by atoms with van der Waals surface area (Å²) >= 11 is 0. The maximum Gasteiger partial charge on any atom is 0.326 e. The van der Waals surface area contributed by atoms with Crippen molar-refractivity contribution >= 4 is 88.8 Å². The molecule has 1 fully saturated rings. The number of phenols is 2. The number of likely N-dealkylation sites (tertiary alicyclic amines) is 1. The molecule has 2 aromatic heterocycles. The van der Waals surface area contributed by atoms with E-state index in [-0.39, 0.29) is 114 Å². The van der Waals surface area contributed by atoms with Gasteiger partial charge in [-0.25, -0.2) is 14.8 Å². The first-order valence-electron chi connectivity index (χ1n) is 41.0. The minimum absolute atomic E-state index is 0.00710.